The summed E-state index contributed by atoms with van der Waals surface area (Å²) in [6, 6.07) is 0. The molecule has 0 saturated carbocycles. The standard InChI is InChI=1S/C8H18N2O3S.C8H17NO3S.C2H2F3NO/c1-8(2,3)13-7(11)10-5-6-14(4,9)12;1-8(2,3)12-7(10)9-5-6-13(4)11;3-2(4,5)1(6)7/h9H,5-6H2,1-4H3,(H,10,11);5-6H2,1-4H3,(H,9,10);(H2,6,7). The molecule has 16 heteroatoms. The predicted octanol–water partition coefficient (Wildman–Crippen LogP) is 2.11. The number of halogens is 3. The molecule has 0 rings (SSSR count). The highest BCUT2D eigenvalue weighted by Crippen LogP contribution is 2.11. The molecule has 0 aromatic heterocycles. The molecule has 3 amide bonds. The number of carbonyl (C=O) groups is 3. The maximum absolute atomic E-state index is 11.1. The van der Waals surface area contributed by atoms with Crippen molar-refractivity contribution in [1.82, 2.24) is 10.6 Å². The fraction of sp³-hybridized carbons (Fsp3) is 0.833. The lowest BCUT2D eigenvalue weighted by Crippen LogP contribution is -2.34. The van der Waals surface area contributed by atoms with Crippen LogP contribution in [0, 0.1) is 4.78 Å². The minimum Gasteiger partial charge on any atom is -0.444 e. The maximum Gasteiger partial charge on any atom is 0.470 e. The average Bonchev–Trinajstić information content (AvgIpc) is 2.49. The largest absolute Gasteiger partial charge is 0.470 e. The van der Waals surface area contributed by atoms with Crippen molar-refractivity contribution in [3.63, 3.8) is 0 Å². The van der Waals surface area contributed by atoms with Crippen molar-refractivity contribution in [3.8, 4) is 0 Å². The van der Waals surface area contributed by atoms with E-state index in [1.807, 2.05) is 0 Å². The van der Waals surface area contributed by atoms with E-state index in [2.05, 4.69) is 16.4 Å². The monoisotopic (exact) mass is 542 g/mol. The molecule has 0 aliphatic carbocycles. The molecule has 0 saturated heterocycles. The highest BCUT2D eigenvalue weighted by Gasteiger charge is 2.35. The highest BCUT2D eigenvalue weighted by atomic mass is 32.2. The van der Waals surface area contributed by atoms with E-state index in [-0.39, 0.29) is 12.3 Å². The van der Waals surface area contributed by atoms with Crippen molar-refractivity contribution in [3.05, 3.63) is 0 Å². The minimum absolute atomic E-state index is 0.145. The predicted molar refractivity (Wildman–Crippen MR) is 124 cm³/mol. The second kappa shape index (κ2) is 15.7. The van der Waals surface area contributed by atoms with E-state index in [0.717, 1.165) is 0 Å². The Morgan fingerprint density at radius 1 is 0.941 bits per heavy atom. The van der Waals surface area contributed by atoms with Crippen LogP contribution in [0.2, 0.25) is 0 Å². The number of nitrogens with one attached hydrogen (secondary N) is 3. The van der Waals surface area contributed by atoms with Crippen LogP contribution in [-0.2, 0) is 34.8 Å². The summed E-state index contributed by atoms with van der Waals surface area (Å²) in [7, 11) is -3.41. The Kier molecular flexibility index (Phi) is 16.9. The number of hydrogen-bond donors (Lipinski definition) is 4. The number of alkyl carbamates (subject to hydrolysis) is 2. The molecule has 0 fully saturated rings. The number of alkyl halides is 3. The number of amides is 3. The molecular weight excluding hydrogens is 505 g/mol. The van der Waals surface area contributed by atoms with Gasteiger partial charge in [0.15, 0.2) is 0 Å². The van der Waals surface area contributed by atoms with Gasteiger partial charge in [-0.25, -0.2) is 9.59 Å². The molecular formula is C18H37F3N4O7S2. The van der Waals surface area contributed by atoms with Crippen molar-refractivity contribution in [2.24, 2.45) is 5.73 Å². The number of ether oxygens (including phenoxy) is 2. The minimum atomic E-state index is -4.86. The van der Waals surface area contributed by atoms with Crippen LogP contribution in [0.3, 0.4) is 0 Å². The summed E-state index contributed by atoms with van der Waals surface area (Å²) < 4.78 is 70.7. The van der Waals surface area contributed by atoms with Gasteiger partial charge < -0.3 is 25.8 Å². The first kappa shape index (κ1) is 36.5. The summed E-state index contributed by atoms with van der Waals surface area (Å²) in [5.41, 5.74) is 2.80. The SMILES string of the molecule is CC(C)(C)OC(=O)NCCS(C)(=N)=O.CS(=O)CCNC(=O)OC(C)(C)C.NC(=O)C(F)(F)F. The first-order chi connectivity index (χ1) is 14.9. The van der Waals surface area contributed by atoms with Crippen LogP contribution in [-0.4, -0.2) is 81.0 Å². The van der Waals surface area contributed by atoms with Crippen molar-refractivity contribution < 1.29 is 45.4 Å². The van der Waals surface area contributed by atoms with Crippen molar-refractivity contribution in [2.45, 2.75) is 58.9 Å². The Hall–Kier alpha value is -2.10. The quantitative estimate of drug-likeness (QED) is 0.397. The number of hydrogen-bond acceptors (Lipinski definition) is 8. The van der Waals surface area contributed by atoms with Gasteiger partial charge in [0.1, 0.15) is 11.2 Å². The molecule has 0 aliphatic rings. The molecule has 0 heterocycles. The van der Waals surface area contributed by atoms with E-state index in [4.69, 9.17) is 19.0 Å². The number of rotatable bonds is 6. The molecule has 11 nitrogen and oxygen atoms in total. The van der Waals surface area contributed by atoms with Crippen LogP contribution in [0.5, 0.6) is 0 Å². The summed E-state index contributed by atoms with van der Waals surface area (Å²) in [6.07, 6.45) is -2.93. The fourth-order valence-corrected chi connectivity index (χ4v) is 2.15. The second-order valence-corrected chi connectivity index (χ2v) is 12.7. The third-order valence-electron chi connectivity index (χ3n) is 2.50. The lowest BCUT2D eigenvalue weighted by molar-refractivity contribution is -0.169. The molecule has 34 heavy (non-hydrogen) atoms. The van der Waals surface area contributed by atoms with E-state index < -0.39 is 56.0 Å². The molecule has 5 N–H and O–H groups in total. The molecule has 2 unspecified atom stereocenters. The Labute approximate surface area is 201 Å². The second-order valence-electron chi connectivity index (χ2n) is 8.71. The Morgan fingerprint density at radius 3 is 1.50 bits per heavy atom. The lowest BCUT2D eigenvalue weighted by atomic mass is 10.2. The van der Waals surface area contributed by atoms with Crippen LogP contribution >= 0.6 is 0 Å². The molecule has 2 atom stereocenters. The van der Waals surface area contributed by atoms with Crippen LogP contribution in [0.4, 0.5) is 22.8 Å². The maximum atomic E-state index is 11.1. The fourth-order valence-electron chi connectivity index (χ4n) is 1.27. The number of nitrogens with two attached hydrogens (primary N) is 1. The summed E-state index contributed by atoms with van der Waals surface area (Å²) in [6.45, 7) is 11.3. The zero-order valence-electron chi connectivity index (χ0n) is 20.7. The first-order valence-electron chi connectivity index (χ1n) is 9.67. The van der Waals surface area contributed by atoms with E-state index >= 15 is 0 Å². The van der Waals surface area contributed by atoms with Gasteiger partial charge in [0.05, 0.1) is 0 Å². The highest BCUT2D eigenvalue weighted by molar-refractivity contribution is 7.91. The van der Waals surface area contributed by atoms with Gasteiger partial charge >= 0.3 is 24.3 Å². The Balaban J connectivity index is -0.000000448. The van der Waals surface area contributed by atoms with Gasteiger partial charge in [0, 0.05) is 57.6 Å². The third-order valence-corrected chi connectivity index (χ3v) is 4.26. The van der Waals surface area contributed by atoms with Gasteiger partial charge in [-0.3, -0.25) is 18.0 Å². The third kappa shape index (κ3) is 34.5. The number of primary amides is 1. The molecule has 0 spiro atoms. The Morgan fingerprint density at radius 2 is 1.26 bits per heavy atom. The topological polar surface area (TPSA) is 178 Å². The zero-order chi connectivity index (χ0) is 28.0. The lowest BCUT2D eigenvalue weighted by Gasteiger charge is -2.19. The molecule has 0 bridgehead atoms. The van der Waals surface area contributed by atoms with E-state index in [1.165, 1.54) is 6.26 Å². The van der Waals surface area contributed by atoms with Crippen LogP contribution in [0.1, 0.15) is 41.5 Å². The van der Waals surface area contributed by atoms with Gasteiger partial charge in [-0.2, -0.15) is 13.2 Å². The first-order valence-corrected chi connectivity index (χ1v) is 13.5. The van der Waals surface area contributed by atoms with Gasteiger partial charge in [0.25, 0.3) is 0 Å². The van der Waals surface area contributed by atoms with Crippen molar-refractivity contribution in [2.75, 3.05) is 37.1 Å². The van der Waals surface area contributed by atoms with Gasteiger partial charge in [-0.1, -0.05) is 0 Å². The number of carbonyl (C=O) groups excluding carboxylic acids is 3. The van der Waals surface area contributed by atoms with Gasteiger partial charge in [0.2, 0.25) is 0 Å². The summed E-state index contributed by atoms with van der Waals surface area (Å²) in [5.74, 6) is -1.65. The normalized spacial score (nSPS) is 14.0. The van der Waals surface area contributed by atoms with Gasteiger partial charge in [-0.15, -0.1) is 0 Å². The molecule has 0 radical (unpaired) electrons. The van der Waals surface area contributed by atoms with Crippen LogP contribution < -0.4 is 16.4 Å². The molecule has 204 valence electrons. The molecule has 0 aromatic rings. The van der Waals surface area contributed by atoms with E-state index in [9.17, 15) is 31.2 Å². The van der Waals surface area contributed by atoms with Crippen LogP contribution in [0.15, 0.2) is 0 Å². The summed E-state index contributed by atoms with van der Waals surface area (Å²) in [4.78, 5) is 31.2. The van der Waals surface area contributed by atoms with Crippen molar-refractivity contribution >= 4 is 38.6 Å². The zero-order valence-corrected chi connectivity index (χ0v) is 22.3. The molecule has 0 aromatic carbocycles. The van der Waals surface area contributed by atoms with Gasteiger partial charge in [-0.05, 0) is 41.5 Å². The molecule has 0 aliphatic heterocycles. The van der Waals surface area contributed by atoms with E-state index in [0.29, 0.717) is 12.3 Å². The summed E-state index contributed by atoms with van der Waals surface area (Å²) >= 11 is 0. The smallest absolute Gasteiger partial charge is 0.444 e. The average molecular weight is 543 g/mol. The van der Waals surface area contributed by atoms with E-state index in [1.54, 1.807) is 47.8 Å². The van der Waals surface area contributed by atoms with Crippen molar-refractivity contribution in [1.29, 1.82) is 4.78 Å². The summed E-state index contributed by atoms with van der Waals surface area (Å²) in [5, 5.41) is 4.95. The van der Waals surface area contributed by atoms with Crippen LogP contribution in [0.25, 0.3) is 0 Å². The Bertz CT molecular complexity index is 776.